The Morgan fingerprint density at radius 1 is 1.23 bits per heavy atom. The largest absolute Gasteiger partial charge is 0.418 e. The van der Waals surface area contributed by atoms with Crippen molar-refractivity contribution >= 4 is 45.6 Å². The van der Waals surface area contributed by atoms with E-state index in [9.17, 15) is 8.42 Å². The van der Waals surface area contributed by atoms with Crippen LogP contribution in [0, 0.1) is 13.5 Å². The van der Waals surface area contributed by atoms with Crippen molar-refractivity contribution in [2.45, 2.75) is 26.0 Å². The van der Waals surface area contributed by atoms with Gasteiger partial charge in [-0.3, -0.25) is 4.18 Å². The number of halogens is 1. The summed E-state index contributed by atoms with van der Waals surface area (Å²) < 4.78 is 43.4. The third-order valence-electron chi connectivity index (χ3n) is 4.56. The van der Waals surface area contributed by atoms with E-state index in [-0.39, 0.29) is 22.5 Å². The minimum atomic E-state index is -4.30. The van der Waals surface area contributed by atoms with Crippen LogP contribution in [0.25, 0.3) is 16.3 Å². The highest BCUT2D eigenvalue weighted by Gasteiger charge is 2.30. The molecule has 5 N–H and O–H groups in total. The molecular formula is C19H19ClN6O7S2. The Kier molecular flexibility index (Phi) is 8.88. The number of anilines is 1. The summed E-state index contributed by atoms with van der Waals surface area (Å²) in [5, 5.41) is 16.5. The molecule has 35 heavy (non-hydrogen) atoms. The van der Waals surface area contributed by atoms with E-state index >= 15 is 0 Å². The molecule has 0 fully saturated rings. The highest BCUT2D eigenvalue weighted by Crippen LogP contribution is 2.36. The number of aromatic nitrogens is 2. The van der Waals surface area contributed by atoms with Crippen molar-refractivity contribution in [2.24, 2.45) is 11.0 Å². The number of nitrogens with two attached hydrogens (primary N) is 2. The normalized spacial score (nSPS) is 13.1. The molecular weight excluding hydrogens is 524 g/mol. The second kappa shape index (κ2) is 11.7. The Bertz CT molecular complexity index is 1310. The molecule has 0 amide bonds. The number of benzene rings is 2. The standard InChI is InChI=1S/C19H19ClN6O7S2/c1-10-14(8-9-15(23-3)16(10)20)24-17(11(2)31-35(22,27)28)19-26-25-18(29-19)12-4-6-13(7-5-12)30-34-33-32-21/h4-9,11,17,24H,21H2,1-2H3,(H2,22,27,28)/t11-,17-/m1/s1. The maximum atomic E-state index is 11.6. The summed E-state index contributed by atoms with van der Waals surface area (Å²) in [7, 11) is -4.30. The Labute approximate surface area is 210 Å². The van der Waals surface area contributed by atoms with E-state index in [1.807, 2.05) is 0 Å². The second-order valence-corrected chi connectivity index (χ2v) is 8.88. The molecule has 3 rings (SSSR count). The van der Waals surface area contributed by atoms with Crippen LogP contribution in [0.2, 0.25) is 5.02 Å². The van der Waals surface area contributed by atoms with Gasteiger partial charge in [0.1, 0.15) is 17.9 Å². The van der Waals surface area contributed by atoms with Crippen LogP contribution in [0.15, 0.2) is 40.8 Å². The summed E-state index contributed by atoms with van der Waals surface area (Å²) in [5.41, 5.74) is 1.88. The monoisotopic (exact) mass is 542 g/mol. The summed E-state index contributed by atoms with van der Waals surface area (Å²) in [6.45, 7) is 10.4. The topological polar surface area (TPSA) is 178 Å². The lowest BCUT2D eigenvalue weighted by molar-refractivity contribution is -0.199. The molecule has 0 spiro atoms. The first kappa shape index (κ1) is 26.7. The molecule has 2 aromatic carbocycles. The zero-order valence-corrected chi connectivity index (χ0v) is 20.6. The third-order valence-corrected chi connectivity index (χ3v) is 6.00. The number of hydrogen-bond acceptors (Lipinski definition) is 12. The predicted octanol–water partition coefficient (Wildman–Crippen LogP) is 3.77. The lowest BCUT2D eigenvalue weighted by atomic mass is 10.1. The van der Waals surface area contributed by atoms with E-state index in [1.165, 1.54) is 13.0 Å². The maximum absolute atomic E-state index is 11.6. The second-order valence-electron chi connectivity index (χ2n) is 6.88. The Morgan fingerprint density at radius 3 is 2.57 bits per heavy atom. The van der Waals surface area contributed by atoms with Crippen LogP contribution in [-0.4, -0.2) is 24.7 Å². The molecule has 0 aliphatic carbocycles. The zero-order chi connectivity index (χ0) is 25.6. The highest BCUT2D eigenvalue weighted by atomic mass is 35.5. The fraction of sp³-hybridized carbons (Fsp3) is 0.211. The van der Waals surface area contributed by atoms with Gasteiger partial charge in [0.15, 0.2) is 0 Å². The lowest BCUT2D eigenvalue weighted by Gasteiger charge is -2.23. The van der Waals surface area contributed by atoms with Crippen LogP contribution in [0.3, 0.4) is 0 Å². The molecule has 0 aliphatic heterocycles. The molecule has 1 aromatic heterocycles. The number of rotatable bonds is 11. The predicted molar refractivity (Wildman–Crippen MR) is 127 cm³/mol. The first-order valence-electron chi connectivity index (χ1n) is 9.57. The van der Waals surface area contributed by atoms with Gasteiger partial charge in [0.2, 0.25) is 17.5 Å². The van der Waals surface area contributed by atoms with Crippen LogP contribution in [0.4, 0.5) is 11.4 Å². The first-order chi connectivity index (χ1) is 16.6. The van der Waals surface area contributed by atoms with Crippen LogP contribution >= 0.6 is 23.9 Å². The highest BCUT2D eigenvalue weighted by molar-refractivity contribution is 7.90. The number of nitrogens with zero attached hydrogens (tertiary/aromatic N) is 3. The molecule has 186 valence electrons. The summed E-state index contributed by atoms with van der Waals surface area (Å²) in [5.74, 6) is 5.32. The van der Waals surface area contributed by atoms with E-state index in [4.69, 9.17) is 42.0 Å². The van der Waals surface area contributed by atoms with Crippen molar-refractivity contribution in [3.8, 4) is 17.2 Å². The van der Waals surface area contributed by atoms with E-state index < -0.39 is 22.4 Å². The Hall–Kier alpha value is -2.94. The summed E-state index contributed by atoms with van der Waals surface area (Å²) >= 11 is 6.79. The molecule has 0 unspecified atom stereocenters. The van der Waals surface area contributed by atoms with Crippen molar-refractivity contribution in [3.63, 3.8) is 0 Å². The van der Waals surface area contributed by atoms with Gasteiger partial charge in [0.25, 0.3) is 12.3 Å². The van der Waals surface area contributed by atoms with Gasteiger partial charge in [-0.1, -0.05) is 17.7 Å². The molecule has 16 heteroatoms. The molecule has 3 aromatic rings. The summed E-state index contributed by atoms with van der Waals surface area (Å²) in [4.78, 5) is 7.28. The van der Waals surface area contributed by atoms with Gasteiger partial charge < -0.3 is 13.9 Å². The van der Waals surface area contributed by atoms with Gasteiger partial charge in [-0.25, -0.2) is 9.98 Å². The first-order valence-corrected chi connectivity index (χ1v) is 12.1. The Balaban J connectivity index is 1.89. The van der Waals surface area contributed by atoms with Crippen molar-refractivity contribution in [1.29, 1.82) is 0 Å². The molecule has 0 bridgehead atoms. The minimum Gasteiger partial charge on any atom is -0.418 e. The van der Waals surface area contributed by atoms with Crippen molar-refractivity contribution in [1.82, 2.24) is 10.2 Å². The molecule has 0 saturated carbocycles. The van der Waals surface area contributed by atoms with Crippen molar-refractivity contribution in [2.75, 3.05) is 5.32 Å². The van der Waals surface area contributed by atoms with Gasteiger partial charge in [-0.15, -0.1) is 19.5 Å². The van der Waals surface area contributed by atoms with Crippen molar-refractivity contribution in [3.05, 3.63) is 64.3 Å². The van der Waals surface area contributed by atoms with E-state index in [1.54, 1.807) is 37.3 Å². The molecule has 1 heterocycles. The van der Waals surface area contributed by atoms with Gasteiger partial charge >= 0.3 is 10.3 Å². The quantitative estimate of drug-likeness (QED) is 0.105. The van der Waals surface area contributed by atoms with E-state index in [2.05, 4.69) is 29.7 Å². The van der Waals surface area contributed by atoms with E-state index in [0.717, 1.165) is 0 Å². The van der Waals surface area contributed by atoms with Crippen molar-refractivity contribution < 1.29 is 30.5 Å². The van der Waals surface area contributed by atoms with E-state index in [0.29, 0.717) is 34.9 Å². The lowest BCUT2D eigenvalue weighted by Crippen LogP contribution is -2.31. The van der Waals surface area contributed by atoms with Gasteiger partial charge in [-0.2, -0.15) is 14.3 Å². The molecule has 0 radical (unpaired) electrons. The van der Waals surface area contributed by atoms with Gasteiger partial charge in [0.05, 0.1) is 11.6 Å². The van der Waals surface area contributed by atoms with Crippen LogP contribution in [0.5, 0.6) is 5.75 Å². The average Bonchev–Trinajstić information content (AvgIpc) is 3.29. The van der Waals surface area contributed by atoms with Gasteiger partial charge in [0, 0.05) is 11.3 Å². The maximum Gasteiger partial charge on any atom is 0.333 e. The molecule has 13 nitrogen and oxygen atoms in total. The molecule has 2 atom stereocenters. The smallest absolute Gasteiger partial charge is 0.333 e. The van der Waals surface area contributed by atoms with Crippen LogP contribution in [0.1, 0.15) is 24.4 Å². The summed E-state index contributed by atoms with van der Waals surface area (Å²) in [6.07, 6.45) is -1.06. The molecule has 0 saturated heterocycles. The minimum absolute atomic E-state index is 0.0188. The fourth-order valence-corrected chi connectivity index (χ4v) is 3.92. The van der Waals surface area contributed by atoms with Crippen LogP contribution < -0.4 is 20.5 Å². The number of nitrogens with one attached hydrogen (secondary N) is 1. The summed E-state index contributed by atoms with van der Waals surface area (Å²) in [6, 6.07) is 8.72. The zero-order valence-electron chi connectivity index (χ0n) is 18.2. The Morgan fingerprint density at radius 2 is 1.94 bits per heavy atom. The molecule has 0 aliphatic rings. The third kappa shape index (κ3) is 7.04. The van der Waals surface area contributed by atoms with Crippen LogP contribution in [-0.2, 0) is 23.8 Å². The fourth-order valence-electron chi connectivity index (χ4n) is 2.93. The van der Waals surface area contributed by atoms with Gasteiger partial charge in [-0.05, 0) is 49.7 Å². The number of hydrogen-bond donors (Lipinski definition) is 3. The average molecular weight is 543 g/mol. The SMILES string of the molecule is [C-]#[N+]c1ccc(N[C@@H](c2nnc(-c3ccc(OSOON)cc3)o2)[C@@H](C)OS(N)(=O)=O)c(C)c1Cl.